The average molecular weight is 567 g/mol. The summed E-state index contributed by atoms with van der Waals surface area (Å²) in [5, 5.41) is 0.915. The molecule has 8 heteroatoms. The highest BCUT2D eigenvalue weighted by molar-refractivity contribution is 14.1. The van der Waals surface area contributed by atoms with Crippen molar-refractivity contribution in [1.82, 2.24) is 0 Å². The fourth-order valence-corrected chi connectivity index (χ4v) is 4.25. The van der Waals surface area contributed by atoms with Gasteiger partial charge in [0.25, 0.3) is 0 Å². The van der Waals surface area contributed by atoms with E-state index in [1.807, 2.05) is 63.2 Å². The van der Waals surface area contributed by atoms with Crippen molar-refractivity contribution in [2.75, 3.05) is 6.61 Å². The largest absolute Gasteiger partial charge is 0.591 e. The maximum atomic E-state index is 12.1. The molecule has 0 aliphatic heterocycles. The van der Waals surface area contributed by atoms with Crippen molar-refractivity contribution < 1.29 is 23.2 Å². The molecule has 0 bridgehead atoms. The molecule has 0 radical (unpaired) electrons. The third kappa shape index (κ3) is 6.49. The second-order valence-electron chi connectivity index (χ2n) is 8.12. The molecule has 0 spiro atoms. The van der Waals surface area contributed by atoms with Crippen molar-refractivity contribution in [2.24, 2.45) is 4.40 Å². The smallest absolute Gasteiger partial charge is 0.310 e. The summed E-state index contributed by atoms with van der Waals surface area (Å²) in [5.74, 6) is 0.924. The van der Waals surface area contributed by atoms with Crippen molar-refractivity contribution in [3.05, 3.63) is 62.9 Å². The van der Waals surface area contributed by atoms with E-state index in [1.54, 1.807) is 6.92 Å². The second kappa shape index (κ2) is 10.7. The van der Waals surface area contributed by atoms with Crippen LogP contribution in [0.3, 0.4) is 0 Å². The van der Waals surface area contributed by atoms with Crippen LogP contribution < -0.4 is 4.74 Å². The Balaban J connectivity index is 1.76. The summed E-state index contributed by atoms with van der Waals surface area (Å²) in [6.07, 6.45) is 1.68. The van der Waals surface area contributed by atoms with E-state index < -0.39 is 16.1 Å². The molecule has 0 unspecified atom stereocenters. The van der Waals surface area contributed by atoms with Crippen LogP contribution in [0.5, 0.6) is 5.75 Å². The number of nitrogens with zero attached hydrogens (tertiary/aromatic N) is 1. The summed E-state index contributed by atoms with van der Waals surface area (Å²) in [6, 6.07) is 13.3. The molecule has 0 saturated carbocycles. The lowest BCUT2D eigenvalue weighted by Crippen LogP contribution is -2.25. The van der Waals surface area contributed by atoms with Crippen molar-refractivity contribution in [2.45, 2.75) is 45.5 Å². The molecule has 6 nitrogen and oxygen atoms in total. The third-order valence-electron chi connectivity index (χ3n) is 4.46. The first-order chi connectivity index (χ1) is 15.2. The van der Waals surface area contributed by atoms with E-state index in [1.165, 1.54) is 6.21 Å². The molecule has 3 aromatic rings. The number of halogens is 1. The Morgan fingerprint density at radius 2 is 2.00 bits per heavy atom. The molecule has 0 aliphatic carbocycles. The van der Waals surface area contributed by atoms with E-state index >= 15 is 0 Å². The number of furan rings is 1. The van der Waals surface area contributed by atoms with Crippen molar-refractivity contribution in [3.8, 4) is 5.75 Å². The van der Waals surface area contributed by atoms with E-state index in [0.717, 1.165) is 25.7 Å². The zero-order valence-corrected chi connectivity index (χ0v) is 21.5. The molecule has 1 atom stereocenters. The van der Waals surface area contributed by atoms with Gasteiger partial charge in [0.05, 0.1) is 16.6 Å². The Bertz CT molecular complexity index is 1120. The molecule has 2 aromatic carbocycles. The van der Waals surface area contributed by atoms with Gasteiger partial charge in [-0.2, -0.15) is 0 Å². The van der Waals surface area contributed by atoms with E-state index in [2.05, 4.69) is 27.0 Å². The van der Waals surface area contributed by atoms with Gasteiger partial charge in [0.1, 0.15) is 40.3 Å². The van der Waals surface area contributed by atoms with Crippen LogP contribution >= 0.6 is 22.6 Å². The Morgan fingerprint density at radius 1 is 1.25 bits per heavy atom. The summed E-state index contributed by atoms with van der Waals surface area (Å²) in [4.78, 5) is 11.9. The molecule has 0 saturated heterocycles. The first kappa shape index (κ1) is 24.6. The van der Waals surface area contributed by atoms with E-state index in [0.29, 0.717) is 24.7 Å². The Morgan fingerprint density at radius 3 is 2.72 bits per heavy atom. The highest BCUT2D eigenvalue weighted by atomic mass is 127. The quantitative estimate of drug-likeness (QED) is 0.153. The first-order valence-electron chi connectivity index (χ1n) is 10.2. The Labute approximate surface area is 204 Å². The van der Waals surface area contributed by atoms with Gasteiger partial charge in [-0.15, -0.1) is 0 Å². The minimum Gasteiger partial charge on any atom is -0.591 e. The van der Waals surface area contributed by atoms with Crippen LogP contribution in [-0.2, 0) is 33.9 Å². The lowest BCUT2D eigenvalue weighted by Gasteiger charge is -2.17. The number of esters is 1. The fraction of sp³-hybridized carbons (Fsp3) is 0.333. The van der Waals surface area contributed by atoms with Gasteiger partial charge in [0, 0.05) is 10.9 Å². The zero-order chi connectivity index (χ0) is 23.3. The van der Waals surface area contributed by atoms with Gasteiger partial charge in [0.15, 0.2) is 5.76 Å². The molecule has 170 valence electrons. The lowest BCUT2D eigenvalue weighted by atomic mass is 10.1. The molecule has 0 aliphatic rings. The Kier molecular flexibility index (Phi) is 8.24. The average Bonchev–Trinajstić information content (AvgIpc) is 3.14. The van der Waals surface area contributed by atoms with Gasteiger partial charge < -0.3 is 18.4 Å². The maximum Gasteiger partial charge on any atom is 0.310 e. The van der Waals surface area contributed by atoms with Gasteiger partial charge in [-0.05, 0) is 80.1 Å². The number of hydrogen-bond donors (Lipinski definition) is 0. The van der Waals surface area contributed by atoms with Gasteiger partial charge in [0.2, 0.25) is 0 Å². The normalized spacial score (nSPS) is 12.9. The minimum absolute atomic E-state index is 0.168. The van der Waals surface area contributed by atoms with Crippen molar-refractivity contribution >= 4 is 57.1 Å². The number of rotatable bonds is 8. The van der Waals surface area contributed by atoms with Gasteiger partial charge >= 0.3 is 5.97 Å². The predicted molar refractivity (Wildman–Crippen MR) is 136 cm³/mol. The van der Waals surface area contributed by atoms with Crippen LogP contribution in [-0.4, -0.2) is 28.1 Å². The van der Waals surface area contributed by atoms with E-state index in [9.17, 15) is 9.35 Å². The summed E-state index contributed by atoms with van der Waals surface area (Å²) < 4.78 is 33.7. The van der Waals surface area contributed by atoms with E-state index in [4.69, 9.17) is 13.9 Å². The molecule has 0 N–H and O–H groups in total. The molecule has 1 aromatic heterocycles. The third-order valence-corrected chi connectivity index (χ3v) is 6.60. The summed E-state index contributed by atoms with van der Waals surface area (Å²) >= 11 is 0.876. The van der Waals surface area contributed by atoms with Gasteiger partial charge in [-0.1, -0.05) is 22.6 Å². The summed E-state index contributed by atoms with van der Waals surface area (Å²) in [7, 11) is 0. The predicted octanol–water partition coefficient (Wildman–Crippen LogP) is 5.60. The SMILES string of the molecule is CCOC(=O)Cc1ccccc1OCc1cc(I)c2oc(/C=N\[S@+]([O-])C(C)(C)C)cc2c1. The van der Waals surface area contributed by atoms with Crippen LogP contribution in [0.4, 0.5) is 0 Å². The number of carbonyl (C=O) groups excluding carboxylic acids is 1. The van der Waals surface area contributed by atoms with Gasteiger partial charge in [-0.3, -0.25) is 4.79 Å². The van der Waals surface area contributed by atoms with Gasteiger partial charge in [-0.25, -0.2) is 0 Å². The second-order valence-corrected chi connectivity index (χ2v) is 11.2. The van der Waals surface area contributed by atoms with Crippen molar-refractivity contribution in [3.63, 3.8) is 0 Å². The number of benzene rings is 2. The van der Waals surface area contributed by atoms with Crippen LogP contribution in [0.2, 0.25) is 0 Å². The lowest BCUT2D eigenvalue weighted by molar-refractivity contribution is -0.142. The highest BCUT2D eigenvalue weighted by Crippen LogP contribution is 2.28. The molecule has 32 heavy (non-hydrogen) atoms. The zero-order valence-electron chi connectivity index (χ0n) is 18.5. The monoisotopic (exact) mass is 567 g/mol. The summed E-state index contributed by atoms with van der Waals surface area (Å²) in [5.41, 5.74) is 2.51. The molecule has 0 amide bonds. The van der Waals surface area contributed by atoms with Crippen LogP contribution in [0.15, 0.2) is 51.3 Å². The number of hydrogen-bond acceptors (Lipinski definition) is 6. The summed E-state index contributed by atoms with van der Waals surface area (Å²) in [6.45, 7) is 8.10. The highest BCUT2D eigenvalue weighted by Gasteiger charge is 2.26. The van der Waals surface area contributed by atoms with Crippen molar-refractivity contribution in [1.29, 1.82) is 0 Å². The standard InChI is InChI=1S/C24H26INO5S/c1-5-29-22(27)13-17-8-6-7-9-21(17)30-15-16-10-18-12-19(31-23(18)20(25)11-16)14-26-32(28)24(2,3)4/h6-12,14H,5,13,15H2,1-4H3/b26-14-/t32-/m1/s1. The van der Waals surface area contributed by atoms with E-state index in [-0.39, 0.29) is 12.4 Å². The Hall–Kier alpha value is -2.04. The first-order valence-corrected chi connectivity index (χ1v) is 12.4. The number of ether oxygens (including phenoxy) is 2. The molecule has 1 heterocycles. The minimum atomic E-state index is -1.35. The number of carbonyl (C=O) groups is 1. The molecular weight excluding hydrogens is 541 g/mol. The number of fused-ring (bicyclic) bond motifs is 1. The van der Waals surface area contributed by atoms with Crippen LogP contribution in [0.25, 0.3) is 11.0 Å². The molecular formula is C24H26INO5S. The van der Waals surface area contributed by atoms with Crippen LogP contribution in [0.1, 0.15) is 44.6 Å². The molecule has 3 rings (SSSR count). The fourth-order valence-electron chi connectivity index (χ4n) is 2.91. The maximum absolute atomic E-state index is 12.1. The topological polar surface area (TPSA) is 84.1 Å². The number of para-hydroxylation sites is 1. The van der Waals surface area contributed by atoms with Crippen LogP contribution in [0, 0.1) is 3.57 Å². The molecule has 0 fully saturated rings.